The Morgan fingerprint density at radius 2 is 2.08 bits per heavy atom. The molecule has 0 aliphatic heterocycles. The van der Waals surface area contributed by atoms with Crippen molar-refractivity contribution in [3.05, 3.63) is 39.4 Å². The molecule has 0 radical (unpaired) electrons. The molecule has 0 aromatic heterocycles. The molecule has 3 rings (SSSR count). The van der Waals surface area contributed by atoms with Gasteiger partial charge in [0.2, 0.25) is 6.04 Å². The molecule has 1 saturated carbocycles. The van der Waals surface area contributed by atoms with Crippen LogP contribution in [0.1, 0.15) is 30.4 Å². The fourth-order valence-corrected chi connectivity index (χ4v) is 4.48. The number of methoxy groups -OCH3 is 2. The minimum Gasteiger partial charge on any atom is -0.496 e. The second-order valence-corrected chi connectivity index (χ2v) is 7.03. The molecule has 0 saturated heterocycles. The highest BCUT2D eigenvalue weighted by atomic mass is 16.7. The number of nitro groups is 1. The smallest absolute Gasteiger partial charge is 0.242 e. The van der Waals surface area contributed by atoms with E-state index in [1.165, 1.54) is 7.11 Å². The summed E-state index contributed by atoms with van der Waals surface area (Å²) in [6.45, 7) is 0.0248. The summed E-state index contributed by atoms with van der Waals surface area (Å²) in [5, 5.41) is 11.8. The van der Waals surface area contributed by atoms with E-state index in [9.17, 15) is 14.9 Å². The summed E-state index contributed by atoms with van der Waals surface area (Å²) in [4.78, 5) is 24.4. The van der Waals surface area contributed by atoms with Crippen molar-refractivity contribution in [2.45, 2.75) is 44.2 Å². The van der Waals surface area contributed by atoms with Gasteiger partial charge >= 0.3 is 0 Å². The van der Waals surface area contributed by atoms with Gasteiger partial charge in [-0.1, -0.05) is 18.6 Å². The van der Waals surface area contributed by atoms with Crippen molar-refractivity contribution in [2.75, 3.05) is 21.0 Å². The number of benzene rings is 1. The van der Waals surface area contributed by atoms with E-state index < -0.39 is 12.1 Å². The lowest BCUT2D eigenvalue weighted by molar-refractivity contribution is -0.551. The SMILES string of the molecule is COCOC1CCCC(C2Cc3c(cccc3OC)CC2=O)C1[N+](=O)[O-]. The van der Waals surface area contributed by atoms with Crippen molar-refractivity contribution in [3.8, 4) is 5.75 Å². The van der Waals surface area contributed by atoms with Gasteiger partial charge < -0.3 is 14.2 Å². The van der Waals surface area contributed by atoms with Crippen molar-refractivity contribution in [3.63, 3.8) is 0 Å². The summed E-state index contributed by atoms with van der Waals surface area (Å²) in [7, 11) is 3.10. The Morgan fingerprint density at radius 3 is 2.77 bits per heavy atom. The molecule has 0 heterocycles. The van der Waals surface area contributed by atoms with Crippen molar-refractivity contribution < 1.29 is 23.9 Å². The minimum atomic E-state index is -0.885. The van der Waals surface area contributed by atoms with Crippen LogP contribution >= 0.6 is 0 Å². The molecule has 4 atom stereocenters. The number of rotatable bonds is 6. The van der Waals surface area contributed by atoms with Gasteiger partial charge in [-0.15, -0.1) is 0 Å². The fraction of sp³-hybridized carbons (Fsp3) is 0.632. The zero-order valence-electron chi connectivity index (χ0n) is 15.2. The average molecular weight is 363 g/mol. The highest BCUT2D eigenvalue weighted by molar-refractivity contribution is 5.86. The van der Waals surface area contributed by atoms with E-state index in [0.29, 0.717) is 25.7 Å². The Morgan fingerprint density at radius 1 is 1.27 bits per heavy atom. The molecular formula is C19H25NO6. The predicted molar refractivity (Wildman–Crippen MR) is 93.8 cm³/mol. The van der Waals surface area contributed by atoms with Gasteiger partial charge in [0.25, 0.3) is 0 Å². The molecule has 2 aliphatic rings. The molecule has 4 unspecified atom stereocenters. The third-order valence-corrected chi connectivity index (χ3v) is 5.66. The monoisotopic (exact) mass is 363 g/mol. The second kappa shape index (κ2) is 8.14. The fourth-order valence-electron chi connectivity index (χ4n) is 4.48. The van der Waals surface area contributed by atoms with Crippen LogP contribution in [0.25, 0.3) is 0 Å². The standard InChI is InChI=1S/C19H25NO6/c1-24-11-26-18-8-4-6-13(19(18)20(22)23)15-10-14-12(9-16(15)21)5-3-7-17(14)25-2/h3,5,7,13,15,18-19H,4,6,8-11H2,1-2H3. The number of hydrogen-bond donors (Lipinski definition) is 0. The van der Waals surface area contributed by atoms with Crippen LogP contribution in [-0.4, -0.2) is 43.9 Å². The third-order valence-electron chi connectivity index (χ3n) is 5.66. The number of carbonyl (C=O) groups excluding carboxylic acids is 1. The van der Waals surface area contributed by atoms with Gasteiger partial charge in [-0.3, -0.25) is 14.9 Å². The van der Waals surface area contributed by atoms with E-state index in [-0.39, 0.29) is 29.3 Å². The number of ketones is 1. The molecule has 0 spiro atoms. The average Bonchev–Trinajstić information content (AvgIpc) is 2.64. The van der Waals surface area contributed by atoms with Gasteiger partial charge in [0, 0.05) is 30.3 Å². The van der Waals surface area contributed by atoms with E-state index in [2.05, 4.69) is 0 Å². The van der Waals surface area contributed by atoms with E-state index in [1.54, 1.807) is 7.11 Å². The largest absolute Gasteiger partial charge is 0.496 e. The van der Waals surface area contributed by atoms with Gasteiger partial charge in [-0.2, -0.15) is 0 Å². The lowest BCUT2D eigenvalue weighted by atomic mass is 9.68. The van der Waals surface area contributed by atoms with Gasteiger partial charge in [0.15, 0.2) is 0 Å². The Labute approximate surface area is 152 Å². The summed E-state index contributed by atoms with van der Waals surface area (Å²) in [6, 6.07) is 4.80. The molecule has 1 fully saturated rings. The zero-order valence-corrected chi connectivity index (χ0v) is 15.2. The first-order valence-electron chi connectivity index (χ1n) is 8.98. The zero-order chi connectivity index (χ0) is 18.7. The molecule has 142 valence electrons. The van der Waals surface area contributed by atoms with E-state index >= 15 is 0 Å². The quantitative estimate of drug-likeness (QED) is 0.438. The van der Waals surface area contributed by atoms with Crippen LogP contribution in [0, 0.1) is 22.0 Å². The maximum absolute atomic E-state index is 12.8. The van der Waals surface area contributed by atoms with Gasteiger partial charge in [-0.05, 0) is 36.5 Å². The van der Waals surface area contributed by atoms with Crippen LogP contribution in [-0.2, 0) is 27.1 Å². The van der Waals surface area contributed by atoms with Crippen LogP contribution in [0.4, 0.5) is 0 Å². The predicted octanol–water partition coefficient (Wildman–Crippen LogP) is 2.41. The minimum absolute atomic E-state index is 0.0248. The first kappa shape index (κ1) is 18.8. The van der Waals surface area contributed by atoms with E-state index in [1.807, 2.05) is 18.2 Å². The molecule has 7 heteroatoms. The second-order valence-electron chi connectivity index (χ2n) is 7.03. The first-order chi connectivity index (χ1) is 12.6. The Bertz CT molecular complexity index is 676. The third kappa shape index (κ3) is 3.59. The summed E-state index contributed by atoms with van der Waals surface area (Å²) in [6.07, 6.45) is 2.37. The first-order valence-corrected chi connectivity index (χ1v) is 8.98. The van der Waals surface area contributed by atoms with Crippen molar-refractivity contribution >= 4 is 5.78 Å². The number of nitrogens with zero attached hydrogens (tertiary/aromatic N) is 1. The molecule has 26 heavy (non-hydrogen) atoms. The Balaban J connectivity index is 1.88. The Kier molecular flexibility index (Phi) is 5.88. The molecular weight excluding hydrogens is 338 g/mol. The Hall–Kier alpha value is -1.99. The van der Waals surface area contributed by atoms with Crippen molar-refractivity contribution in [1.29, 1.82) is 0 Å². The number of carbonyl (C=O) groups is 1. The maximum atomic E-state index is 12.8. The molecule has 0 amide bonds. The highest BCUT2D eigenvalue weighted by Crippen LogP contribution is 2.40. The van der Waals surface area contributed by atoms with Crippen LogP contribution in [0.15, 0.2) is 18.2 Å². The van der Waals surface area contributed by atoms with E-state index in [4.69, 9.17) is 14.2 Å². The van der Waals surface area contributed by atoms with Crippen LogP contribution < -0.4 is 4.74 Å². The van der Waals surface area contributed by atoms with Crippen LogP contribution in [0.3, 0.4) is 0 Å². The van der Waals surface area contributed by atoms with Crippen LogP contribution in [0.5, 0.6) is 5.75 Å². The normalized spacial score (nSPS) is 28.5. The topological polar surface area (TPSA) is 87.9 Å². The summed E-state index contributed by atoms with van der Waals surface area (Å²) in [5.74, 6) is 0.130. The number of fused-ring (bicyclic) bond motifs is 1. The van der Waals surface area contributed by atoms with Gasteiger partial charge in [-0.25, -0.2) is 0 Å². The van der Waals surface area contributed by atoms with Crippen molar-refractivity contribution in [2.24, 2.45) is 11.8 Å². The van der Waals surface area contributed by atoms with Crippen molar-refractivity contribution in [1.82, 2.24) is 0 Å². The van der Waals surface area contributed by atoms with Crippen LogP contribution in [0.2, 0.25) is 0 Å². The summed E-state index contributed by atoms with van der Waals surface area (Å²) < 4.78 is 15.9. The molecule has 1 aromatic rings. The molecule has 2 aliphatic carbocycles. The van der Waals surface area contributed by atoms with E-state index in [0.717, 1.165) is 23.3 Å². The maximum Gasteiger partial charge on any atom is 0.242 e. The van der Waals surface area contributed by atoms with Gasteiger partial charge in [0.05, 0.1) is 7.11 Å². The summed E-state index contributed by atoms with van der Waals surface area (Å²) in [5.41, 5.74) is 1.97. The number of Topliss-reactive ketones (excluding diaryl/α,β-unsaturated/α-hetero) is 1. The molecule has 7 nitrogen and oxygen atoms in total. The summed E-state index contributed by atoms with van der Waals surface area (Å²) >= 11 is 0. The lowest BCUT2D eigenvalue weighted by Crippen LogP contribution is -2.50. The molecule has 0 N–H and O–H groups in total. The number of ether oxygens (including phenoxy) is 3. The number of hydrogen-bond acceptors (Lipinski definition) is 6. The lowest BCUT2D eigenvalue weighted by Gasteiger charge is -2.37. The molecule has 1 aromatic carbocycles. The molecule has 0 bridgehead atoms. The van der Waals surface area contributed by atoms with Gasteiger partial charge in [0.1, 0.15) is 24.4 Å². The highest BCUT2D eigenvalue weighted by Gasteiger charge is 2.49.